The summed E-state index contributed by atoms with van der Waals surface area (Å²) >= 11 is 3.44. The van der Waals surface area contributed by atoms with Crippen LogP contribution in [0, 0.1) is 5.92 Å². The molecule has 0 bridgehead atoms. The molecule has 1 heterocycles. The normalized spacial score (nSPS) is 23.0. The fourth-order valence-electron chi connectivity index (χ4n) is 3.40. The van der Waals surface area contributed by atoms with Gasteiger partial charge in [0.1, 0.15) is 5.78 Å². The Morgan fingerprint density at radius 3 is 2.50 bits per heavy atom. The number of hydrogen-bond acceptors (Lipinski definition) is 3. The van der Waals surface area contributed by atoms with Gasteiger partial charge in [0.2, 0.25) is 0 Å². The van der Waals surface area contributed by atoms with Gasteiger partial charge in [-0.2, -0.15) is 5.10 Å². The highest BCUT2D eigenvalue weighted by Gasteiger charge is 2.35. The van der Waals surface area contributed by atoms with E-state index in [0.29, 0.717) is 6.42 Å². The molecule has 1 fully saturated rings. The largest absolute Gasteiger partial charge is 0.299 e. The van der Waals surface area contributed by atoms with E-state index >= 15 is 0 Å². The lowest BCUT2D eigenvalue weighted by atomic mass is 9.75. The lowest BCUT2D eigenvalue weighted by Crippen LogP contribution is -2.35. The van der Waals surface area contributed by atoms with Gasteiger partial charge in [0, 0.05) is 10.9 Å². The van der Waals surface area contributed by atoms with Gasteiger partial charge in [-0.1, -0.05) is 58.4 Å². The maximum Gasteiger partial charge on any atom is 0.146 e. The molecule has 2 aromatic rings. The van der Waals surface area contributed by atoms with Crippen LogP contribution in [0.2, 0.25) is 0 Å². The Bertz CT molecular complexity index is 824. The Morgan fingerprint density at radius 1 is 1.00 bits per heavy atom. The van der Waals surface area contributed by atoms with Gasteiger partial charge in [0.15, 0.2) is 0 Å². The minimum absolute atomic E-state index is 0.190. The van der Waals surface area contributed by atoms with E-state index in [2.05, 4.69) is 38.6 Å². The van der Waals surface area contributed by atoms with Gasteiger partial charge in [0.25, 0.3) is 0 Å². The standard InChI is InChI=1S/C20H17BrN2O/c21-16-8-6-14(7-9-16)18-12-17-19(23-22-18)10-15(11-20(17)24)13-4-2-1-3-5-13/h1-9,12,15,17,22H,10-11H2. The van der Waals surface area contributed by atoms with Crippen molar-refractivity contribution in [1.82, 2.24) is 5.43 Å². The first-order valence-electron chi connectivity index (χ1n) is 8.08. The van der Waals surface area contributed by atoms with Crippen molar-refractivity contribution in [2.75, 3.05) is 0 Å². The lowest BCUT2D eigenvalue weighted by Gasteiger charge is -2.30. The van der Waals surface area contributed by atoms with E-state index in [1.165, 1.54) is 5.56 Å². The third-order valence-electron chi connectivity index (χ3n) is 4.69. The Kier molecular flexibility index (Phi) is 4.07. The molecule has 1 N–H and O–H groups in total. The van der Waals surface area contributed by atoms with E-state index in [0.717, 1.165) is 27.9 Å². The summed E-state index contributed by atoms with van der Waals surface area (Å²) < 4.78 is 1.03. The molecule has 1 saturated carbocycles. The average molecular weight is 381 g/mol. The van der Waals surface area contributed by atoms with Crippen LogP contribution in [0.25, 0.3) is 5.70 Å². The number of rotatable bonds is 2. The summed E-state index contributed by atoms with van der Waals surface area (Å²) in [4.78, 5) is 12.7. The first-order valence-corrected chi connectivity index (χ1v) is 8.88. The quantitative estimate of drug-likeness (QED) is 0.832. The predicted octanol–water partition coefficient (Wildman–Crippen LogP) is 4.51. The molecule has 2 aromatic carbocycles. The number of halogens is 1. The van der Waals surface area contributed by atoms with Crippen LogP contribution in [-0.2, 0) is 4.79 Å². The number of allylic oxidation sites excluding steroid dienone is 1. The van der Waals surface area contributed by atoms with Crippen LogP contribution in [0.1, 0.15) is 29.9 Å². The zero-order valence-electron chi connectivity index (χ0n) is 13.1. The van der Waals surface area contributed by atoms with Crippen molar-refractivity contribution in [3.05, 3.63) is 76.3 Å². The highest BCUT2D eigenvalue weighted by molar-refractivity contribution is 9.10. The fourth-order valence-corrected chi connectivity index (χ4v) is 3.66. The number of hydrogen-bond donors (Lipinski definition) is 1. The molecule has 4 rings (SSSR count). The van der Waals surface area contributed by atoms with Gasteiger partial charge >= 0.3 is 0 Å². The molecule has 120 valence electrons. The van der Waals surface area contributed by atoms with Crippen LogP contribution in [0.15, 0.2) is 70.2 Å². The Morgan fingerprint density at radius 2 is 1.75 bits per heavy atom. The smallest absolute Gasteiger partial charge is 0.146 e. The van der Waals surface area contributed by atoms with Crippen molar-refractivity contribution >= 4 is 33.1 Å². The molecule has 4 heteroatoms. The number of hydrazone groups is 1. The molecule has 2 atom stereocenters. The van der Waals surface area contributed by atoms with E-state index in [4.69, 9.17) is 0 Å². The van der Waals surface area contributed by atoms with E-state index in [-0.39, 0.29) is 17.6 Å². The number of carbonyl (C=O) groups excluding carboxylic acids is 1. The Labute approximate surface area is 149 Å². The molecule has 1 aliphatic carbocycles. The van der Waals surface area contributed by atoms with Crippen molar-refractivity contribution in [2.45, 2.75) is 18.8 Å². The first-order chi connectivity index (χ1) is 11.7. The number of nitrogens with one attached hydrogen (secondary N) is 1. The van der Waals surface area contributed by atoms with Gasteiger partial charge in [-0.25, -0.2) is 0 Å². The van der Waals surface area contributed by atoms with E-state index < -0.39 is 0 Å². The molecule has 0 aromatic heterocycles. The number of fused-ring (bicyclic) bond motifs is 1. The molecular formula is C20H17BrN2O. The van der Waals surface area contributed by atoms with Crippen LogP contribution in [0.5, 0.6) is 0 Å². The van der Waals surface area contributed by atoms with E-state index in [1.807, 2.05) is 48.5 Å². The summed E-state index contributed by atoms with van der Waals surface area (Å²) in [5.74, 6) is 0.299. The maximum absolute atomic E-state index is 12.7. The number of ketones is 1. The Balaban J connectivity index is 1.58. The van der Waals surface area contributed by atoms with E-state index in [1.54, 1.807) is 0 Å². The molecule has 24 heavy (non-hydrogen) atoms. The second kappa shape index (κ2) is 6.36. The second-order valence-electron chi connectivity index (χ2n) is 6.26. The molecule has 0 spiro atoms. The Hall–Kier alpha value is -2.20. The third kappa shape index (κ3) is 2.94. The maximum atomic E-state index is 12.7. The van der Waals surface area contributed by atoms with Crippen molar-refractivity contribution in [1.29, 1.82) is 0 Å². The minimum Gasteiger partial charge on any atom is -0.299 e. The topological polar surface area (TPSA) is 41.5 Å². The molecule has 0 saturated heterocycles. The van der Waals surface area contributed by atoms with Crippen LogP contribution in [0.3, 0.4) is 0 Å². The van der Waals surface area contributed by atoms with Crippen molar-refractivity contribution in [3.8, 4) is 0 Å². The fraction of sp³-hybridized carbons (Fsp3) is 0.200. The van der Waals surface area contributed by atoms with Gasteiger partial charge in [0.05, 0.1) is 17.3 Å². The van der Waals surface area contributed by atoms with Crippen LogP contribution in [-0.4, -0.2) is 11.5 Å². The SMILES string of the molecule is O=C1CC(c2ccccc2)CC2=NNC(c3ccc(Br)cc3)=CC12. The highest BCUT2D eigenvalue weighted by Crippen LogP contribution is 2.35. The summed E-state index contributed by atoms with van der Waals surface area (Å²) in [6, 6.07) is 18.3. The highest BCUT2D eigenvalue weighted by atomic mass is 79.9. The summed E-state index contributed by atoms with van der Waals surface area (Å²) in [5, 5.41) is 4.52. The molecule has 2 unspecified atom stereocenters. The van der Waals surface area contributed by atoms with Crippen molar-refractivity contribution in [3.63, 3.8) is 0 Å². The summed E-state index contributed by atoms with van der Waals surface area (Å²) in [7, 11) is 0. The minimum atomic E-state index is -0.190. The molecule has 0 amide bonds. The second-order valence-corrected chi connectivity index (χ2v) is 7.18. The van der Waals surface area contributed by atoms with Gasteiger partial charge < -0.3 is 0 Å². The van der Waals surface area contributed by atoms with Crippen LogP contribution in [0.4, 0.5) is 0 Å². The lowest BCUT2D eigenvalue weighted by molar-refractivity contribution is -0.120. The van der Waals surface area contributed by atoms with E-state index in [9.17, 15) is 4.79 Å². The molecular weight excluding hydrogens is 364 g/mol. The van der Waals surface area contributed by atoms with Gasteiger partial charge in [-0.15, -0.1) is 0 Å². The van der Waals surface area contributed by atoms with Gasteiger partial charge in [-0.05, 0) is 41.7 Å². The molecule has 1 aliphatic heterocycles. The average Bonchev–Trinajstić information content (AvgIpc) is 2.63. The summed E-state index contributed by atoms with van der Waals surface area (Å²) in [6.07, 6.45) is 3.43. The predicted molar refractivity (Wildman–Crippen MR) is 99.6 cm³/mol. The number of Topliss-reactive ketones (excluding diaryl/α,β-unsaturated/α-hetero) is 1. The molecule has 0 radical (unpaired) electrons. The summed E-state index contributed by atoms with van der Waals surface area (Å²) in [5.41, 5.74) is 7.24. The van der Waals surface area contributed by atoms with Gasteiger partial charge in [-0.3, -0.25) is 10.2 Å². The van der Waals surface area contributed by atoms with Crippen LogP contribution >= 0.6 is 15.9 Å². The molecule has 2 aliphatic rings. The number of carbonyl (C=O) groups is 1. The first kappa shape index (κ1) is 15.3. The third-order valence-corrected chi connectivity index (χ3v) is 5.22. The van der Waals surface area contributed by atoms with Crippen molar-refractivity contribution < 1.29 is 4.79 Å². The zero-order chi connectivity index (χ0) is 16.5. The number of benzene rings is 2. The van der Waals surface area contributed by atoms with Crippen LogP contribution < -0.4 is 5.43 Å². The van der Waals surface area contributed by atoms with Crippen molar-refractivity contribution in [2.24, 2.45) is 11.0 Å². The molecule has 3 nitrogen and oxygen atoms in total. The summed E-state index contributed by atoms with van der Waals surface area (Å²) in [6.45, 7) is 0. The monoisotopic (exact) mass is 380 g/mol. The zero-order valence-corrected chi connectivity index (χ0v) is 14.7. The number of nitrogens with zero attached hydrogens (tertiary/aromatic N) is 1.